The fourth-order valence-corrected chi connectivity index (χ4v) is 1.69. The minimum atomic E-state index is -0.0463. The van der Waals surface area contributed by atoms with Crippen molar-refractivity contribution in [2.24, 2.45) is 0 Å². The first-order valence-corrected chi connectivity index (χ1v) is 4.86. The Bertz CT molecular complexity index is 550. The zero-order valence-electron chi connectivity index (χ0n) is 8.84. The van der Waals surface area contributed by atoms with Crippen molar-refractivity contribution >= 4 is 17.2 Å². The van der Waals surface area contributed by atoms with Crippen LogP contribution in [0.15, 0.2) is 24.6 Å². The molecule has 4 nitrogen and oxygen atoms in total. The van der Waals surface area contributed by atoms with Crippen LogP contribution in [0, 0.1) is 6.57 Å². The summed E-state index contributed by atoms with van der Waals surface area (Å²) in [5.41, 5.74) is 2.37. The summed E-state index contributed by atoms with van der Waals surface area (Å²) >= 11 is 0. The van der Waals surface area contributed by atoms with E-state index in [1.807, 2.05) is 6.92 Å². The van der Waals surface area contributed by atoms with Gasteiger partial charge in [-0.1, -0.05) is 6.08 Å². The van der Waals surface area contributed by atoms with Crippen molar-refractivity contribution in [1.82, 2.24) is 9.97 Å². The molecule has 1 heterocycles. The van der Waals surface area contributed by atoms with Gasteiger partial charge in [0.1, 0.15) is 12.1 Å². The summed E-state index contributed by atoms with van der Waals surface area (Å²) in [7, 11) is 0. The molecule has 78 valence electrons. The van der Waals surface area contributed by atoms with E-state index in [4.69, 9.17) is 6.57 Å². The number of aromatic nitrogens is 2. The molecule has 0 atom stereocenters. The average Bonchev–Trinajstić information content (AvgIpc) is 2.26. The van der Waals surface area contributed by atoms with Crippen LogP contribution in [-0.2, 0) is 11.2 Å². The van der Waals surface area contributed by atoms with Gasteiger partial charge in [0.15, 0.2) is 5.78 Å². The molecule has 0 fully saturated rings. The second-order valence-electron chi connectivity index (χ2n) is 3.48. The Morgan fingerprint density at radius 2 is 2.25 bits per heavy atom. The van der Waals surface area contributed by atoms with Crippen LogP contribution in [0.2, 0.25) is 0 Å². The Balaban J connectivity index is 2.70. The SMILES string of the molecule is C#[N+]c1ncnc2c1C(C)=CC(=O)C=CC2. The van der Waals surface area contributed by atoms with Crippen molar-refractivity contribution < 1.29 is 4.79 Å². The Hall–Kier alpha value is -2.28. The first-order chi connectivity index (χ1) is 7.72. The second kappa shape index (κ2) is 4.07. The maximum atomic E-state index is 11.4. The molecular formula is C12H10N3O+. The standard InChI is InChI=1S/C12H10N3O/c1-8-6-9(16)4-3-5-10-11(8)12(13-2)15-7-14-10/h2-4,6-7H,5H2,1H3/q+1. The molecule has 1 aliphatic carbocycles. The number of hydrogen-bond donors (Lipinski definition) is 0. The van der Waals surface area contributed by atoms with Crippen molar-refractivity contribution in [2.45, 2.75) is 13.3 Å². The van der Waals surface area contributed by atoms with Gasteiger partial charge in [-0.2, -0.15) is 4.85 Å². The smallest absolute Gasteiger partial charge is 0.290 e. The minimum Gasteiger partial charge on any atom is -0.290 e. The number of hydrogen-bond acceptors (Lipinski definition) is 3. The van der Waals surface area contributed by atoms with Gasteiger partial charge in [-0.3, -0.25) is 4.79 Å². The van der Waals surface area contributed by atoms with Crippen LogP contribution < -0.4 is 0 Å². The summed E-state index contributed by atoms with van der Waals surface area (Å²) < 4.78 is 0. The molecule has 1 aliphatic rings. The Morgan fingerprint density at radius 1 is 1.44 bits per heavy atom. The highest BCUT2D eigenvalue weighted by atomic mass is 16.1. The molecule has 0 aliphatic heterocycles. The van der Waals surface area contributed by atoms with Crippen LogP contribution in [0.1, 0.15) is 18.2 Å². The van der Waals surface area contributed by atoms with E-state index in [1.54, 1.807) is 6.08 Å². The third-order valence-corrected chi connectivity index (χ3v) is 2.37. The Labute approximate surface area is 93.2 Å². The zero-order valence-corrected chi connectivity index (χ0v) is 8.84. The van der Waals surface area contributed by atoms with Gasteiger partial charge in [0.25, 0.3) is 0 Å². The quantitative estimate of drug-likeness (QED) is 0.662. The van der Waals surface area contributed by atoms with Crippen molar-refractivity contribution in [3.05, 3.63) is 40.7 Å². The van der Waals surface area contributed by atoms with E-state index in [0.29, 0.717) is 12.2 Å². The lowest BCUT2D eigenvalue weighted by Gasteiger charge is -2.05. The van der Waals surface area contributed by atoms with Crippen molar-refractivity contribution in [2.75, 3.05) is 0 Å². The van der Waals surface area contributed by atoms with Crippen molar-refractivity contribution in [3.63, 3.8) is 0 Å². The molecule has 0 amide bonds. The summed E-state index contributed by atoms with van der Waals surface area (Å²) in [6.45, 7) is 7.09. The average molecular weight is 212 g/mol. The topological polar surface area (TPSA) is 47.2 Å². The number of ketones is 1. The van der Waals surface area contributed by atoms with Gasteiger partial charge in [-0.25, -0.2) is 4.98 Å². The molecule has 1 aromatic rings. The maximum Gasteiger partial charge on any atom is 0.436 e. The van der Waals surface area contributed by atoms with E-state index in [9.17, 15) is 4.79 Å². The molecular weight excluding hydrogens is 202 g/mol. The third kappa shape index (κ3) is 1.75. The van der Waals surface area contributed by atoms with Gasteiger partial charge < -0.3 is 0 Å². The summed E-state index contributed by atoms with van der Waals surface area (Å²) in [4.78, 5) is 23.1. The normalized spacial score (nSPS) is 14.5. The van der Waals surface area contributed by atoms with Crippen molar-refractivity contribution in [1.29, 1.82) is 0 Å². The first-order valence-electron chi connectivity index (χ1n) is 4.86. The number of rotatable bonds is 0. The molecule has 0 spiro atoms. The number of nitrogens with zero attached hydrogens (tertiary/aromatic N) is 3. The molecule has 1 aromatic heterocycles. The third-order valence-electron chi connectivity index (χ3n) is 2.37. The van der Waals surface area contributed by atoms with Gasteiger partial charge in [0, 0.05) is 6.42 Å². The number of carbonyl (C=O) groups is 1. The molecule has 4 heteroatoms. The zero-order chi connectivity index (χ0) is 11.5. The van der Waals surface area contributed by atoms with Crippen LogP contribution in [0.5, 0.6) is 0 Å². The molecule has 2 rings (SSSR count). The highest BCUT2D eigenvalue weighted by Gasteiger charge is 2.20. The number of carbonyl (C=O) groups excluding carboxylic acids is 1. The second-order valence-corrected chi connectivity index (χ2v) is 3.48. The molecule has 0 radical (unpaired) electrons. The Kier molecular flexibility index (Phi) is 2.61. The van der Waals surface area contributed by atoms with Gasteiger partial charge in [-0.05, 0) is 29.6 Å². The van der Waals surface area contributed by atoms with E-state index in [2.05, 4.69) is 14.8 Å². The van der Waals surface area contributed by atoms with Crippen LogP contribution in [0.3, 0.4) is 0 Å². The molecule has 0 N–H and O–H groups in total. The summed E-state index contributed by atoms with van der Waals surface area (Å²) in [5, 5.41) is 0. The predicted octanol–water partition coefficient (Wildman–Crippen LogP) is 2.16. The molecule has 0 saturated heterocycles. The predicted molar refractivity (Wildman–Crippen MR) is 61.5 cm³/mol. The number of allylic oxidation sites excluding steroid dienone is 4. The highest BCUT2D eigenvalue weighted by Crippen LogP contribution is 2.27. The first kappa shape index (κ1) is 10.2. The Morgan fingerprint density at radius 3 is 3.00 bits per heavy atom. The summed E-state index contributed by atoms with van der Waals surface area (Å²) in [6, 6.07) is 0. The lowest BCUT2D eigenvalue weighted by molar-refractivity contribution is -0.110. The fraction of sp³-hybridized carbons (Fsp3) is 0.167. The van der Waals surface area contributed by atoms with Crippen molar-refractivity contribution in [3.8, 4) is 6.57 Å². The monoisotopic (exact) mass is 212 g/mol. The maximum absolute atomic E-state index is 11.4. The van der Waals surface area contributed by atoms with Gasteiger partial charge >= 0.3 is 5.82 Å². The van der Waals surface area contributed by atoms with Crippen LogP contribution in [0.4, 0.5) is 5.82 Å². The molecule has 0 saturated carbocycles. The van der Waals surface area contributed by atoms with E-state index in [-0.39, 0.29) is 5.78 Å². The molecule has 0 unspecified atom stereocenters. The molecule has 0 bridgehead atoms. The van der Waals surface area contributed by atoms with Gasteiger partial charge in [-0.15, -0.1) is 0 Å². The van der Waals surface area contributed by atoms with Crippen LogP contribution in [-0.4, -0.2) is 15.8 Å². The van der Waals surface area contributed by atoms with E-state index >= 15 is 0 Å². The van der Waals surface area contributed by atoms with Gasteiger partial charge in [0.05, 0.1) is 5.69 Å². The minimum absolute atomic E-state index is 0.0463. The lowest BCUT2D eigenvalue weighted by Crippen LogP contribution is -2.01. The van der Waals surface area contributed by atoms with Crippen LogP contribution >= 0.6 is 0 Å². The van der Waals surface area contributed by atoms with E-state index < -0.39 is 0 Å². The van der Waals surface area contributed by atoms with E-state index in [0.717, 1.165) is 16.8 Å². The molecule has 0 aromatic carbocycles. The summed E-state index contributed by atoms with van der Waals surface area (Å²) in [5.74, 6) is 0.372. The molecule has 16 heavy (non-hydrogen) atoms. The summed E-state index contributed by atoms with van der Waals surface area (Å²) in [6.07, 6.45) is 6.85. The fourth-order valence-electron chi connectivity index (χ4n) is 1.69. The number of fused-ring (bicyclic) bond motifs is 1. The van der Waals surface area contributed by atoms with E-state index in [1.165, 1.54) is 18.5 Å². The van der Waals surface area contributed by atoms with Crippen LogP contribution in [0.25, 0.3) is 10.4 Å². The highest BCUT2D eigenvalue weighted by molar-refractivity contribution is 6.05. The largest absolute Gasteiger partial charge is 0.436 e. The lowest BCUT2D eigenvalue weighted by atomic mass is 10.0. The van der Waals surface area contributed by atoms with Gasteiger partial charge in [0.2, 0.25) is 6.33 Å².